The normalized spacial score (nSPS) is 11.3. The summed E-state index contributed by atoms with van der Waals surface area (Å²) in [7, 11) is -3.69. The predicted molar refractivity (Wildman–Crippen MR) is 76.2 cm³/mol. The zero-order valence-electron chi connectivity index (χ0n) is 9.89. The number of aromatic nitrogens is 1. The van der Waals surface area contributed by atoms with Crippen molar-refractivity contribution in [3.63, 3.8) is 0 Å². The van der Waals surface area contributed by atoms with Crippen molar-refractivity contribution in [2.75, 3.05) is 4.72 Å². The molecule has 0 aliphatic rings. The van der Waals surface area contributed by atoms with Crippen LogP contribution >= 0.6 is 23.2 Å². The van der Waals surface area contributed by atoms with E-state index in [1.807, 2.05) is 0 Å². The minimum atomic E-state index is -3.69. The molecule has 1 heterocycles. The van der Waals surface area contributed by atoms with Gasteiger partial charge in [-0.05, 0) is 30.7 Å². The van der Waals surface area contributed by atoms with Gasteiger partial charge in [0.05, 0.1) is 10.6 Å². The molecule has 2 aromatic rings. The second-order valence-electron chi connectivity index (χ2n) is 3.85. The lowest BCUT2D eigenvalue weighted by atomic mass is 10.3. The highest BCUT2D eigenvalue weighted by molar-refractivity contribution is 7.92. The van der Waals surface area contributed by atoms with Crippen LogP contribution in [0.5, 0.6) is 0 Å². The van der Waals surface area contributed by atoms with Crippen molar-refractivity contribution >= 4 is 38.9 Å². The Morgan fingerprint density at radius 1 is 1.16 bits per heavy atom. The third kappa shape index (κ3) is 3.18. The zero-order chi connectivity index (χ0) is 14.0. The first kappa shape index (κ1) is 14.1. The number of nitrogens with one attached hydrogen (secondary N) is 1. The maximum atomic E-state index is 12.2. The molecule has 0 fully saturated rings. The molecule has 0 amide bonds. The highest BCUT2D eigenvalue weighted by Crippen LogP contribution is 2.28. The van der Waals surface area contributed by atoms with Crippen molar-refractivity contribution in [2.24, 2.45) is 0 Å². The van der Waals surface area contributed by atoms with Crippen LogP contribution in [0, 0.1) is 6.92 Å². The van der Waals surface area contributed by atoms with Crippen LogP contribution in [0.15, 0.2) is 41.3 Å². The summed E-state index contributed by atoms with van der Waals surface area (Å²) in [5.74, 6) is 0. The Bertz CT molecular complexity index is 680. The maximum absolute atomic E-state index is 12.2. The molecule has 1 aromatic heterocycles. The molecule has 0 saturated heterocycles. The molecule has 0 unspecified atom stereocenters. The van der Waals surface area contributed by atoms with Crippen molar-refractivity contribution in [3.05, 3.63) is 52.3 Å². The molecule has 2 rings (SSSR count). The molecule has 0 bridgehead atoms. The van der Waals surface area contributed by atoms with Crippen LogP contribution in [-0.2, 0) is 10.0 Å². The van der Waals surface area contributed by atoms with E-state index in [0.717, 1.165) is 0 Å². The first-order valence-electron chi connectivity index (χ1n) is 5.30. The van der Waals surface area contributed by atoms with Crippen molar-refractivity contribution in [1.82, 2.24) is 4.98 Å². The minimum absolute atomic E-state index is 0.0181. The Labute approximate surface area is 121 Å². The molecular weight excluding hydrogens is 307 g/mol. The van der Waals surface area contributed by atoms with Gasteiger partial charge in [0.25, 0.3) is 10.0 Å². The van der Waals surface area contributed by atoms with Gasteiger partial charge in [-0.1, -0.05) is 41.4 Å². The summed E-state index contributed by atoms with van der Waals surface area (Å²) in [6.07, 6.45) is 0. The number of benzene rings is 1. The van der Waals surface area contributed by atoms with E-state index >= 15 is 0 Å². The van der Waals surface area contributed by atoms with Gasteiger partial charge in [0.15, 0.2) is 5.15 Å². The fourth-order valence-electron chi connectivity index (χ4n) is 1.51. The third-order valence-corrected chi connectivity index (χ3v) is 4.26. The van der Waals surface area contributed by atoms with Gasteiger partial charge >= 0.3 is 0 Å². The number of nitrogens with zero attached hydrogens (tertiary/aromatic N) is 1. The minimum Gasteiger partial charge on any atom is -0.276 e. The Balaban J connectivity index is 2.42. The quantitative estimate of drug-likeness (QED) is 0.882. The molecule has 1 aromatic carbocycles. The molecule has 1 N–H and O–H groups in total. The van der Waals surface area contributed by atoms with Crippen LogP contribution in [0.2, 0.25) is 10.3 Å². The Kier molecular flexibility index (Phi) is 3.99. The Morgan fingerprint density at radius 3 is 2.37 bits per heavy atom. The molecule has 0 radical (unpaired) electrons. The highest BCUT2D eigenvalue weighted by atomic mass is 35.5. The van der Waals surface area contributed by atoms with Gasteiger partial charge in [0, 0.05) is 0 Å². The molecular formula is C12H10Cl2N2O2S. The average Bonchev–Trinajstić information content (AvgIpc) is 2.35. The number of pyridine rings is 1. The molecule has 0 aliphatic carbocycles. The molecule has 0 aliphatic heterocycles. The predicted octanol–water partition coefficient (Wildman–Crippen LogP) is 3.50. The largest absolute Gasteiger partial charge is 0.276 e. The standard InChI is InChI=1S/C12H10Cl2N2O2S/c1-8-7-10(13)15-12(14)11(8)16-19(17,18)9-5-3-2-4-6-9/h2-7,16H,1H3. The van der Waals surface area contributed by atoms with Crippen LogP contribution < -0.4 is 4.72 Å². The molecule has 0 atom stereocenters. The van der Waals surface area contributed by atoms with Gasteiger partial charge in [-0.3, -0.25) is 4.72 Å². The highest BCUT2D eigenvalue weighted by Gasteiger charge is 2.17. The SMILES string of the molecule is Cc1cc(Cl)nc(Cl)c1NS(=O)(=O)c1ccccc1. The van der Waals surface area contributed by atoms with E-state index in [1.54, 1.807) is 25.1 Å². The van der Waals surface area contributed by atoms with Crippen LogP contribution in [-0.4, -0.2) is 13.4 Å². The van der Waals surface area contributed by atoms with Crippen molar-refractivity contribution in [2.45, 2.75) is 11.8 Å². The van der Waals surface area contributed by atoms with Crippen LogP contribution in [0.4, 0.5) is 5.69 Å². The van der Waals surface area contributed by atoms with E-state index < -0.39 is 10.0 Å². The van der Waals surface area contributed by atoms with Gasteiger partial charge in [-0.2, -0.15) is 0 Å². The molecule has 0 saturated carbocycles. The first-order valence-corrected chi connectivity index (χ1v) is 7.54. The molecule has 4 nitrogen and oxygen atoms in total. The lowest BCUT2D eigenvalue weighted by Gasteiger charge is -2.11. The number of sulfonamides is 1. The lowest BCUT2D eigenvalue weighted by Crippen LogP contribution is -2.14. The summed E-state index contributed by atoms with van der Waals surface area (Å²) < 4.78 is 26.7. The molecule has 7 heteroatoms. The third-order valence-electron chi connectivity index (χ3n) is 2.43. The second kappa shape index (κ2) is 5.36. The monoisotopic (exact) mass is 316 g/mol. The summed E-state index contributed by atoms with van der Waals surface area (Å²) >= 11 is 11.6. The van der Waals surface area contributed by atoms with Crippen LogP contribution in [0.3, 0.4) is 0 Å². The average molecular weight is 317 g/mol. The van der Waals surface area contributed by atoms with E-state index in [9.17, 15) is 8.42 Å². The molecule has 100 valence electrons. The number of hydrogen-bond acceptors (Lipinski definition) is 3. The topological polar surface area (TPSA) is 59.1 Å². The summed E-state index contributed by atoms with van der Waals surface area (Å²) in [6.45, 7) is 1.70. The summed E-state index contributed by atoms with van der Waals surface area (Å²) in [5.41, 5.74) is 0.833. The van der Waals surface area contributed by atoms with Crippen molar-refractivity contribution in [3.8, 4) is 0 Å². The van der Waals surface area contributed by atoms with E-state index in [4.69, 9.17) is 23.2 Å². The fourth-order valence-corrected chi connectivity index (χ4v) is 3.31. The molecule has 19 heavy (non-hydrogen) atoms. The van der Waals surface area contributed by atoms with E-state index in [1.165, 1.54) is 18.2 Å². The number of anilines is 1. The summed E-state index contributed by atoms with van der Waals surface area (Å²) in [5, 5.41) is 0.231. The number of rotatable bonds is 3. The van der Waals surface area contributed by atoms with E-state index in [2.05, 4.69) is 9.71 Å². The van der Waals surface area contributed by atoms with Crippen LogP contribution in [0.25, 0.3) is 0 Å². The summed E-state index contributed by atoms with van der Waals surface area (Å²) in [4.78, 5) is 3.97. The van der Waals surface area contributed by atoms with E-state index in [0.29, 0.717) is 5.56 Å². The van der Waals surface area contributed by atoms with Gasteiger partial charge in [-0.25, -0.2) is 13.4 Å². The van der Waals surface area contributed by atoms with Gasteiger partial charge in [0.1, 0.15) is 5.15 Å². The number of hydrogen-bond donors (Lipinski definition) is 1. The van der Waals surface area contributed by atoms with Gasteiger partial charge in [-0.15, -0.1) is 0 Å². The Morgan fingerprint density at radius 2 is 1.79 bits per heavy atom. The maximum Gasteiger partial charge on any atom is 0.261 e. The summed E-state index contributed by atoms with van der Waals surface area (Å²) in [6, 6.07) is 9.55. The fraction of sp³-hybridized carbons (Fsp3) is 0.0833. The van der Waals surface area contributed by atoms with Crippen molar-refractivity contribution < 1.29 is 8.42 Å². The van der Waals surface area contributed by atoms with Crippen LogP contribution in [0.1, 0.15) is 5.56 Å². The zero-order valence-corrected chi connectivity index (χ0v) is 12.2. The number of halogens is 2. The van der Waals surface area contributed by atoms with Gasteiger partial charge < -0.3 is 0 Å². The van der Waals surface area contributed by atoms with Crippen molar-refractivity contribution in [1.29, 1.82) is 0 Å². The lowest BCUT2D eigenvalue weighted by molar-refractivity contribution is 0.601. The van der Waals surface area contributed by atoms with Gasteiger partial charge in [0.2, 0.25) is 0 Å². The number of aryl methyl sites for hydroxylation is 1. The second-order valence-corrected chi connectivity index (χ2v) is 6.27. The Hall–Kier alpha value is -1.30. The smallest absolute Gasteiger partial charge is 0.261 e. The van der Waals surface area contributed by atoms with E-state index in [-0.39, 0.29) is 20.9 Å². The first-order chi connectivity index (χ1) is 8.90. The molecule has 0 spiro atoms.